The molecule has 1 amide bonds. The lowest BCUT2D eigenvalue weighted by molar-refractivity contribution is -0.132. The molecule has 0 radical (unpaired) electrons. The van der Waals surface area contributed by atoms with Crippen LogP contribution >= 0.6 is 0 Å². The first-order valence-electron chi connectivity index (χ1n) is 8.72. The minimum Gasteiger partial charge on any atom is -0.493 e. The van der Waals surface area contributed by atoms with Gasteiger partial charge in [-0.2, -0.15) is 5.10 Å². The molecule has 2 aromatic rings. The van der Waals surface area contributed by atoms with Crippen LogP contribution in [0.2, 0.25) is 0 Å². The molecule has 126 valence electrons. The van der Waals surface area contributed by atoms with Crippen molar-refractivity contribution in [1.82, 2.24) is 14.7 Å². The highest BCUT2D eigenvalue weighted by atomic mass is 16.5. The number of hydrogen-bond donors (Lipinski definition) is 0. The molecule has 2 aliphatic rings. The number of benzene rings is 1. The largest absolute Gasteiger partial charge is 0.493 e. The highest BCUT2D eigenvalue weighted by molar-refractivity contribution is 5.79. The minimum absolute atomic E-state index is 0.211. The van der Waals surface area contributed by atoms with E-state index in [1.165, 1.54) is 11.1 Å². The highest BCUT2D eigenvalue weighted by Gasteiger charge is 2.25. The first kappa shape index (κ1) is 15.2. The van der Waals surface area contributed by atoms with Gasteiger partial charge in [0.15, 0.2) is 0 Å². The van der Waals surface area contributed by atoms with E-state index in [9.17, 15) is 4.79 Å². The van der Waals surface area contributed by atoms with Gasteiger partial charge in [0, 0.05) is 25.7 Å². The van der Waals surface area contributed by atoms with Gasteiger partial charge < -0.3 is 9.64 Å². The van der Waals surface area contributed by atoms with Crippen LogP contribution in [0.3, 0.4) is 0 Å². The Balaban J connectivity index is 1.42. The molecule has 0 bridgehead atoms. The van der Waals surface area contributed by atoms with Crippen LogP contribution < -0.4 is 4.74 Å². The van der Waals surface area contributed by atoms with Gasteiger partial charge in [-0.25, -0.2) is 0 Å². The molecule has 5 heteroatoms. The van der Waals surface area contributed by atoms with E-state index in [0.29, 0.717) is 12.5 Å². The average molecular weight is 325 g/mol. The van der Waals surface area contributed by atoms with E-state index in [1.54, 1.807) is 0 Å². The van der Waals surface area contributed by atoms with Crippen molar-refractivity contribution in [2.75, 3.05) is 19.7 Å². The number of ether oxygens (including phenoxy) is 1. The number of aryl methyl sites for hydroxylation is 1. The molecular formula is C19H23N3O2. The van der Waals surface area contributed by atoms with Crippen molar-refractivity contribution in [3.05, 3.63) is 47.3 Å². The summed E-state index contributed by atoms with van der Waals surface area (Å²) in [6.45, 7) is 4.41. The topological polar surface area (TPSA) is 47.4 Å². The standard InChI is InChI=1S/C19H23N3O2/c1-14-11-20-22(12-14)17-3-2-7-21(13-17)19(23)10-15-4-5-18-16(9-15)6-8-24-18/h4-5,9,11-12,17H,2-3,6-8,10,13H2,1H3/t17-/m1/s1. The Morgan fingerprint density at radius 3 is 3.17 bits per heavy atom. The molecule has 4 rings (SSSR count). The lowest BCUT2D eigenvalue weighted by Crippen LogP contribution is -2.41. The number of hydrogen-bond acceptors (Lipinski definition) is 3. The highest BCUT2D eigenvalue weighted by Crippen LogP contribution is 2.27. The Kier molecular flexibility index (Phi) is 4.00. The lowest BCUT2D eigenvalue weighted by Gasteiger charge is -2.33. The SMILES string of the molecule is Cc1cnn([C@@H]2CCCN(C(=O)Cc3ccc4c(c3)CCO4)C2)c1. The number of carbonyl (C=O) groups is 1. The minimum atomic E-state index is 0.211. The molecule has 1 atom stereocenters. The van der Waals surface area contributed by atoms with Gasteiger partial charge in [0.25, 0.3) is 0 Å². The Labute approximate surface area is 142 Å². The zero-order valence-corrected chi connectivity index (χ0v) is 14.1. The molecule has 1 aromatic carbocycles. The van der Waals surface area contributed by atoms with Gasteiger partial charge in [-0.05, 0) is 42.5 Å². The van der Waals surface area contributed by atoms with E-state index < -0.39 is 0 Å². The molecule has 0 saturated carbocycles. The summed E-state index contributed by atoms with van der Waals surface area (Å²) in [7, 11) is 0. The van der Waals surface area contributed by atoms with E-state index in [0.717, 1.165) is 50.3 Å². The summed E-state index contributed by atoms with van der Waals surface area (Å²) in [5, 5.41) is 4.42. The van der Waals surface area contributed by atoms with Gasteiger partial charge in [0.1, 0.15) is 5.75 Å². The number of nitrogens with zero attached hydrogens (tertiary/aromatic N) is 3. The van der Waals surface area contributed by atoms with Crippen molar-refractivity contribution in [2.24, 2.45) is 0 Å². The Morgan fingerprint density at radius 2 is 2.33 bits per heavy atom. The molecule has 0 spiro atoms. The number of carbonyl (C=O) groups excluding carboxylic acids is 1. The van der Waals surface area contributed by atoms with E-state index in [4.69, 9.17) is 4.74 Å². The smallest absolute Gasteiger partial charge is 0.227 e. The second-order valence-corrected chi connectivity index (χ2v) is 6.85. The summed E-state index contributed by atoms with van der Waals surface area (Å²) in [6, 6.07) is 6.43. The van der Waals surface area contributed by atoms with Crippen molar-refractivity contribution in [1.29, 1.82) is 0 Å². The van der Waals surface area contributed by atoms with Crippen LogP contribution in [0.5, 0.6) is 5.75 Å². The number of likely N-dealkylation sites (tertiary alicyclic amines) is 1. The maximum absolute atomic E-state index is 12.7. The summed E-state index contributed by atoms with van der Waals surface area (Å²) in [4.78, 5) is 14.7. The number of piperidine rings is 1. The average Bonchev–Trinajstić information content (AvgIpc) is 3.23. The van der Waals surface area contributed by atoms with Gasteiger partial charge in [0.05, 0.1) is 25.3 Å². The van der Waals surface area contributed by atoms with Gasteiger partial charge in [-0.3, -0.25) is 9.48 Å². The number of rotatable bonds is 3. The molecule has 2 aliphatic heterocycles. The first-order chi connectivity index (χ1) is 11.7. The molecule has 0 N–H and O–H groups in total. The zero-order chi connectivity index (χ0) is 16.5. The Bertz CT molecular complexity index is 753. The fraction of sp³-hybridized carbons (Fsp3) is 0.474. The molecule has 1 fully saturated rings. The molecule has 5 nitrogen and oxygen atoms in total. The molecule has 3 heterocycles. The first-order valence-corrected chi connectivity index (χ1v) is 8.72. The third-order valence-electron chi connectivity index (χ3n) is 4.96. The second kappa shape index (κ2) is 6.30. The van der Waals surface area contributed by atoms with Crippen molar-refractivity contribution in [3.8, 4) is 5.75 Å². The third kappa shape index (κ3) is 3.03. The van der Waals surface area contributed by atoms with Crippen molar-refractivity contribution < 1.29 is 9.53 Å². The third-order valence-corrected chi connectivity index (χ3v) is 4.96. The molecular weight excluding hydrogens is 302 g/mol. The van der Waals surface area contributed by atoms with E-state index in [2.05, 4.69) is 17.4 Å². The van der Waals surface area contributed by atoms with Crippen molar-refractivity contribution >= 4 is 5.91 Å². The zero-order valence-electron chi connectivity index (χ0n) is 14.1. The van der Waals surface area contributed by atoms with Crippen LogP contribution in [-0.4, -0.2) is 40.3 Å². The van der Waals surface area contributed by atoms with Crippen molar-refractivity contribution in [2.45, 2.75) is 38.6 Å². The maximum atomic E-state index is 12.7. The van der Waals surface area contributed by atoms with Crippen molar-refractivity contribution in [3.63, 3.8) is 0 Å². The fourth-order valence-corrected chi connectivity index (χ4v) is 3.67. The van der Waals surface area contributed by atoms with Crippen LogP contribution in [0.15, 0.2) is 30.6 Å². The number of aromatic nitrogens is 2. The van der Waals surface area contributed by atoms with E-state index >= 15 is 0 Å². The lowest BCUT2D eigenvalue weighted by atomic mass is 10.0. The van der Waals surface area contributed by atoms with Gasteiger partial charge in [-0.1, -0.05) is 12.1 Å². The van der Waals surface area contributed by atoms with E-state index in [-0.39, 0.29) is 5.91 Å². The molecule has 1 aromatic heterocycles. The summed E-state index contributed by atoms with van der Waals surface area (Å²) in [6.07, 6.45) is 7.49. The monoisotopic (exact) mass is 325 g/mol. The molecule has 24 heavy (non-hydrogen) atoms. The predicted octanol–water partition coefficient (Wildman–Crippen LogP) is 2.53. The van der Waals surface area contributed by atoms with Crippen LogP contribution in [-0.2, 0) is 17.6 Å². The van der Waals surface area contributed by atoms with E-state index in [1.807, 2.05) is 34.8 Å². The quantitative estimate of drug-likeness (QED) is 0.871. The second-order valence-electron chi connectivity index (χ2n) is 6.85. The molecule has 0 unspecified atom stereocenters. The summed E-state index contributed by atoms with van der Waals surface area (Å²) < 4.78 is 7.55. The summed E-state index contributed by atoms with van der Waals surface area (Å²) in [5.41, 5.74) is 3.48. The maximum Gasteiger partial charge on any atom is 0.227 e. The van der Waals surface area contributed by atoms with Crippen LogP contribution in [0, 0.1) is 6.92 Å². The number of amides is 1. The summed E-state index contributed by atoms with van der Waals surface area (Å²) >= 11 is 0. The van der Waals surface area contributed by atoms with Crippen LogP contribution in [0.25, 0.3) is 0 Å². The normalized spacial score (nSPS) is 19.9. The Hall–Kier alpha value is -2.30. The van der Waals surface area contributed by atoms with Crippen LogP contribution in [0.4, 0.5) is 0 Å². The molecule has 0 aliphatic carbocycles. The fourth-order valence-electron chi connectivity index (χ4n) is 3.67. The predicted molar refractivity (Wildman–Crippen MR) is 91.2 cm³/mol. The van der Waals surface area contributed by atoms with Gasteiger partial charge in [0.2, 0.25) is 5.91 Å². The van der Waals surface area contributed by atoms with Gasteiger partial charge >= 0.3 is 0 Å². The van der Waals surface area contributed by atoms with Crippen LogP contribution in [0.1, 0.15) is 35.6 Å². The van der Waals surface area contributed by atoms with Gasteiger partial charge in [-0.15, -0.1) is 0 Å². The molecule has 1 saturated heterocycles. The number of fused-ring (bicyclic) bond motifs is 1. The Morgan fingerprint density at radius 1 is 1.42 bits per heavy atom. The summed E-state index contributed by atoms with van der Waals surface area (Å²) in [5.74, 6) is 1.18.